The number of aliphatic hydroxyl groups excluding tert-OH is 1. The molecule has 1 spiro atoms. The van der Waals surface area contributed by atoms with E-state index in [0.717, 1.165) is 32.1 Å². The van der Waals surface area contributed by atoms with E-state index in [9.17, 15) is 13.5 Å². The second-order valence-corrected chi connectivity index (χ2v) is 7.37. The average Bonchev–Trinajstić information content (AvgIpc) is 2.61. The summed E-state index contributed by atoms with van der Waals surface area (Å²) in [7, 11) is -3.09. The van der Waals surface area contributed by atoms with Crippen LogP contribution >= 0.6 is 0 Å². The van der Waals surface area contributed by atoms with Crippen LogP contribution in [0.15, 0.2) is 0 Å². The molecule has 0 aromatic rings. The molecule has 0 unspecified atom stereocenters. The van der Waals surface area contributed by atoms with Crippen molar-refractivity contribution in [1.29, 1.82) is 0 Å². The van der Waals surface area contributed by atoms with Crippen molar-refractivity contribution in [3.8, 4) is 0 Å². The minimum atomic E-state index is -3.09. The van der Waals surface area contributed by atoms with Crippen molar-refractivity contribution in [2.24, 2.45) is 5.41 Å². The van der Waals surface area contributed by atoms with Gasteiger partial charge in [-0.1, -0.05) is 6.42 Å². The maximum Gasteiger partial charge on any atom is 0.213 e. The minimum Gasteiger partial charge on any atom is -0.392 e. The molecule has 0 radical (unpaired) electrons. The average molecular weight is 247 g/mol. The van der Waals surface area contributed by atoms with E-state index in [1.807, 2.05) is 0 Å². The van der Waals surface area contributed by atoms with E-state index < -0.39 is 10.0 Å². The molecule has 0 bridgehead atoms. The molecule has 5 heteroatoms. The van der Waals surface area contributed by atoms with Crippen molar-refractivity contribution in [2.75, 3.05) is 18.8 Å². The van der Waals surface area contributed by atoms with Crippen LogP contribution < -0.4 is 0 Å². The maximum absolute atomic E-state index is 11.8. The Hall–Kier alpha value is -0.130. The number of piperidine rings is 1. The molecule has 1 aliphatic heterocycles. The molecule has 2 aliphatic rings. The smallest absolute Gasteiger partial charge is 0.213 e. The first-order chi connectivity index (χ1) is 7.50. The fraction of sp³-hybridized carbons (Fsp3) is 1.00. The summed E-state index contributed by atoms with van der Waals surface area (Å²) in [6.45, 7) is 2.84. The van der Waals surface area contributed by atoms with Crippen LogP contribution in [-0.4, -0.2) is 42.8 Å². The van der Waals surface area contributed by atoms with E-state index in [1.165, 1.54) is 0 Å². The molecule has 0 aromatic carbocycles. The summed E-state index contributed by atoms with van der Waals surface area (Å²) >= 11 is 0. The molecule has 2 fully saturated rings. The maximum atomic E-state index is 11.8. The third-order valence-electron chi connectivity index (χ3n) is 4.19. The zero-order valence-corrected chi connectivity index (χ0v) is 10.7. The third-order valence-corrected chi connectivity index (χ3v) is 6.02. The summed E-state index contributed by atoms with van der Waals surface area (Å²) in [5, 5.41) is 10.0. The molecule has 0 amide bonds. The molecule has 16 heavy (non-hydrogen) atoms. The highest BCUT2D eigenvalue weighted by Crippen LogP contribution is 2.45. The zero-order valence-electron chi connectivity index (χ0n) is 9.85. The Morgan fingerprint density at radius 1 is 1.38 bits per heavy atom. The molecule has 4 nitrogen and oxygen atoms in total. The molecule has 1 heterocycles. The van der Waals surface area contributed by atoms with Gasteiger partial charge in [-0.2, -0.15) is 0 Å². The summed E-state index contributed by atoms with van der Waals surface area (Å²) in [5.74, 6) is 0.166. The molecule has 1 N–H and O–H groups in total. The lowest BCUT2D eigenvalue weighted by molar-refractivity contribution is 0.0127. The first-order valence-corrected chi connectivity index (χ1v) is 7.77. The summed E-state index contributed by atoms with van der Waals surface area (Å²) in [5.41, 5.74) is -0.138. The van der Waals surface area contributed by atoms with Gasteiger partial charge in [0.05, 0.1) is 11.9 Å². The van der Waals surface area contributed by atoms with Crippen molar-refractivity contribution in [2.45, 2.75) is 45.1 Å². The molecule has 2 atom stereocenters. The van der Waals surface area contributed by atoms with E-state index in [4.69, 9.17) is 0 Å². The van der Waals surface area contributed by atoms with Crippen LogP contribution in [0.4, 0.5) is 0 Å². The van der Waals surface area contributed by atoms with E-state index in [2.05, 4.69) is 0 Å². The summed E-state index contributed by atoms with van der Waals surface area (Å²) < 4.78 is 25.3. The lowest BCUT2D eigenvalue weighted by Gasteiger charge is -2.41. The van der Waals surface area contributed by atoms with Gasteiger partial charge in [-0.25, -0.2) is 12.7 Å². The van der Waals surface area contributed by atoms with Crippen molar-refractivity contribution in [1.82, 2.24) is 4.31 Å². The molecular weight excluding hydrogens is 226 g/mol. The van der Waals surface area contributed by atoms with E-state index in [1.54, 1.807) is 11.2 Å². The summed E-state index contributed by atoms with van der Waals surface area (Å²) in [4.78, 5) is 0. The Morgan fingerprint density at radius 2 is 2.06 bits per heavy atom. The van der Waals surface area contributed by atoms with Gasteiger partial charge in [0.1, 0.15) is 0 Å². The van der Waals surface area contributed by atoms with Gasteiger partial charge < -0.3 is 5.11 Å². The molecule has 1 saturated carbocycles. The highest BCUT2D eigenvalue weighted by atomic mass is 32.2. The lowest BCUT2D eigenvalue weighted by Crippen LogP contribution is -2.49. The van der Waals surface area contributed by atoms with E-state index in [0.29, 0.717) is 13.1 Å². The molecule has 94 valence electrons. The fourth-order valence-electron chi connectivity index (χ4n) is 3.13. The topological polar surface area (TPSA) is 57.6 Å². The highest BCUT2D eigenvalue weighted by molar-refractivity contribution is 7.89. The number of hydrogen-bond donors (Lipinski definition) is 1. The van der Waals surface area contributed by atoms with Gasteiger partial charge in [0.25, 0.3) is 0 Å². The van der Waals surface area contributed by atoms with Gasteiger partial charge in [0, 0.05) is 18.5 Å². The van der Waals surface area contributed by atoms with Gasteiger partial charge in [0.2, 0.25) is 10.0 Å². The van der Waals surface area contributed by atoms with E-state index in [-0.39, 0.29) is 17.3 Å². The zero-order chi connectivity index (χ0) is 11.8. The monoisotopic (exact) mass is 247 g/mol. The number of hydrogen-bond acceptors (Lipinski definition) is 3. The van der Waals surface area contributed by atoms with Gasteiger partial charge in [-0.3, -0.25) is 0 Å². The van der Waals surface area contributed by atoms with Crippen LogP contribution in [0.1, 0.15) is 39.0 Å². The second kappa shape index (κ2) is 4.27. The van der Waals surface area contributed by atoms with Crippen molar-refractivity contribution >= 4 is 10.0 Å². The molecular formula is C11H21NO3S. The Morgan fingerprint density at radius 3 is 2.62 bits per heavy atom. The standard InChI is InChI=1S/C11H21NO3S/c1-2-16(14,15)12-8-4-7-11(9-12)6-3-5-10(11)13/h10,13H,2-9H2,1H3/t10-,11+/m1/s1. The van der Waals surface area contributed by atoms with Crippen LogP contribution in [0.2, 0.25) is 0 Å². The molecule has 0 aromatic heterocycles. The van der Waals surface area contributed by atoms with Crippen LogP contribution in [0, 0.1) is 5.41 Å². The number of sulfonamides is 1. The lowest BCUT2D eigenvalue weighted by atomic mass is 9.77. The Balaban J connectivity index is 2.16. The van der Waals surface area contributed by atoms with Crippen LogP contribution in [-0.2, 0) is 10.0 Å². The van der Waals surface area contributed by atoms with Gasteiger partial charge in [0.15, 0.2) is 0 Å². The molecule has 2 rings (SSSR count). The predicted molar refractivity (Wildman–Crippen MR) is 62.6 cm³/mol. The Bertz CT molecular complexity index is 354. The van der Waals surface area contributed by atoms with Crippen LogP contribution in [0.3, 0.4) is 0 Å². The molecule has 1 aliphatic carbocycles. The summed E-state index contributed by atoms with van der Waals surface area (Å²) in [6.07, 6.45) is 4.40. The van der Waals surface area contributed by atoms with Gasteiger partial charge >= 0.3 is 0 Å². The quantitative estimate of drug-likeness (QED) is 0.791. The van der Waals surface area contributed by atoms with E-state index >= 15 is 0 Å². The minimum absolute atomic E-state index is 0.138. The van der Waals surface area contributed by atoms with Crippen molar-refractivity contribution in [3.63, 3.8) is 0 Å². The van der Waals surface area contributed by atoms with Gasteiger partial charge in [-0.05, 0) is 32.6 Å². The largest absolute Gasteiger partial charge is 0.392 e. The van der Waals surface area contributed by atoms with Gasteiger partial charge in [-0.15, -0.1) is 0 Å². The predicted octanol–water partition coefficient (Wildman–Crippen LogP) is 0.963. The summed E-state index contributed by atoms with van der Waals surface area (Å²) in [6, 6.07) is 0. The molecule has 1 saturated heterocycles. The third kappa shape index (κ3) is 2.00. The van der Waals surface area contributed by atoms with Crippen molar-refractivity contribution in [3.05, 3.63) is 0 Å². The SMILES string of the molecule is CCS(=O)(=O)N1CCC[C@@]2(CCC[C@H]2O)C1. The van der Waals surface area contributed by atoms with Crippen molar-refractivity contribution < 1.29 is 13.5 Å². The first-order valence-electron chi connectivity index (χ1n) is 6.16. The number of nitrogens with zero attached hydrogens (tertiary/aromatic N) is 1. The van der Waals surface area contributed by atoms with Crippen LogP contribution in [0.25, 0.3) is 0 Å². The fourth-order valence-corrected chi connectivity index (χ4v) is 4.36. The normalized spacial score (nSPS) is 37.0. The Labute approximate surface area is 97.7 Å². The highest BCUT2D eigenvalue weighted by Gasteiger charge is 2.46. The first kappa shape index (κ1) is 12.3. The Kier molecular flexibility index (Phi) is 3.29. The van der Waals surface area contributed by atoms with Crippen LogP contribution in [0.5, 0.6) is 0 Å². The second-order valence-electron chi connectivity index (χ2n) is 5.11. The number of aliphatic hydroxyl groups is 1. The number of rotatable bonds is 2.